The molecule has 44 heavy (non-hydrogen) atoms. The monoisotopic (exact) mass is 603 g/mol. The fraction of sp³-hybridized carbons (Fsp3) is 0.400. The number of fused-ring (bicyclic) bond motifs is 1. The van der Waals surface area contributed by atoms with Crippen LogP contribution in [0.4, 0.5) is 19.0 Å². The minimum Gasteiger partial charge on any atom is -0.361 e. The van der Waals surface area contributed by atoms with Crippen LogP contribution in [-0.4, -0.2) is 33.3 Å². The average Bonchev–Trinajstić information content (AvgIpc) is 2.99. The van der Waals surface area contributed by atoms with Gasteiger partial charge < -0.3 is 4.90 Å². The van der Waals surface area contributed by atoms with Gasteiger partial charge in [0, 0.05) is 29.9 Å². The number of aryl methyl sites for hydroxylation is 1. The number of hydrogen-bond acceptors (Lipinski definition) is 5. The number of benzene rings is 2. The third-order valence-electron chi connectivity index (χ3n) is 8.45. The second kappa shape index (κ2) is 12.8. The lowest BCUT2D eigenvalue weighted by molar-refractivity contribution is -0.137. The summed E-state index contributed by atoms with van der Waals surface area (Å²) in [5, 5.41) is 6.54. The van der Waals surface area contributed by atoms with Crippen molar-refractivity contribution < 1.29 is 13.2 Å². The maximum absolute atomic E-state index is 14.3. The molecule has 2 aromatic carbocycles. The van der Waals surface area contributed by atoms with Gasteiger partial charge in [-0.3, -0.25) is 9.36 Å². The Morgan fingerprint density at radius 1 is 1.11 bits per heavy atom. The highest BCUT2D eigenvalue weighted by atomic mass is 19.4. The number of anilines is 1. The summed E-state index contributed by atoms with van der Waals surface area (Å²) in [5.74, 6) is 1.14. The highest BCUT2D eigenvalue weighted by Gasteiger charge is 2.34. The minimum absolute atomic E-state index is 0.110. The fourth-order valence-corrected chi connectivity index (χ4v) is 6.17. The van der Waals surface area contributed by atoms with Crippen molar-refractivity contribution in [3.8, 4) is 0 Å². The van der Waals surface area contributed by atoms with Crippen LogP contribution in [0, 0.1) is 0 Å². The summed E-state index contributed by atoms with van der Waals surface area (Å²) in [4.78, 5) is 21.6. The van der Waals surface area contributed by atoms with E-state index in [1.807, 2.05) is 51.1 Å². The van der Waals surface area contributed by atoms with Gasteiger partial charge in [-0.05, 0) is 55.9 Å². The van der Waals surface area contributed by atoms with Crippen molar-refractivity contribution >= 4 is 17.2 Å². The molecule has 2 bridgehead atoms. The molecule has 0 N–H and O–H groups in total. The summed E-state index contributed by atoms with van der Waals surface area (Å²) in [6.07, 6.45) is -0.685. The van der Waals surface area contributed by atoms with Crippen LogP contribution in [0.5, 0.6) is 0 Å². The maximum Gasteiger partial charge on any atom is 0.416 e. The Morgan fingerprint density at radius 2 is 1.86 bits per heavy atom. The first-order valence-corrected chi connectivity index (χ1v) is 15.3. The molecule has 5 rings (SSSR count). The van der Waals surface area contributed by atoms with Gasteiger partial charge in [-0.1, -0.05) is 75.4 Å². The van der Waals surface area contributed by atoms with Gasteiger partial charge in [-0.15, -0.1) is 0 Å². The molecule has 232 valence electrons. The predicted octanol–water partition coefficient (Wildman–Crippen LogP) is 7.78. The summed E-state index contributed by atoms with van der Waals surface area (Å²) >= 11 is 0. The largest absolute Gasteiger partial charge is 0.416 e. The number of hydrazone groups is 1. The molecule has 3 heterocycles. The van der Waals surface area contributed by atoms with Crippen molar-refractivity contribution in [1.29, 1.82) is 0 Å². The SMILES string of the molecule is C=C1CCN(C(=C)c2ccc(C(F)(F)F)cc2CCCC)C(CC)c2nc3c(c(=O)n2Cc2ccccc2)CC(C)=NN3C1. The number of aromatic nitrogens is 2. The third-order valence-corrected chi connectivity index (χ3v) is 8.45. The van der Waals surface area contributed by atoms with E-state index in [1.54, 1.807) is 15.6 Å². The summed E-state index contributed by atoms with van der Waals surface area (Å²) in [6.45, 7) is 16.0. The van der Waals surface area contributed by atoms with Gasteiger partial charge in [-0.25, -0.2) is 9.99 Å². The molecule has 1 atom stereocenters. The Hall–Kier alpha value is -4.14. The smallest absolute Gasteiger partial charge is 0.361 e. The van der Waals surface area contributed by atoms with Crippen molar-refractivity contribution in [3.05, 3.63) is 111 Å². The molecule has 0 amide bonds. The van der Waals surface area contributed by atoms with Crippen molar-refractivity contribution in [2.75, 3.05) is 18.1 Å². The first-order valence-electron chi connectivity index (χ1n) is 15.3. The Labute approximate surface area is 257 Å². The van der Waals surface area contributed by atoms with E-state index < -0.39 is 11.7 Å². The number of halogens is 3. The lowest BCUT2D eigenvalue weighted by atomic mass is 9.95. The highest BCUT2D eigenvalue weighted by Crippen LogP contribution is 2.38. The molecule has 9 heteroatoms. The number of alkyl halides is 3. The van der Waals surface area contributed by atoms with Crippen molar-refractivity contribution in [1.82, 2.24) is 14.5 Å². The molecular weight excluding hydrogens is 563 g/mol. The summed E-state index contributed by atoms with van der Waals surface area (Å²) in [6, 6.07) is 13.4. The molecule has 6 nitrogen and oxygen atoms in total. The van der Waals surface area contributed by atoms with Crippen LogP contribution in [0.2, 0.25) is 0 Å². The van der Waals surface area contributed by atoms with Gasteiger partial charge in [0.15, 0.2) is 5.82 Å². The van der Waals surface area contributed by atoms with Crippen molar-refractivity contribution in [2.45, 2.75) is 78.1 Å². The van der Waals surface area contributed by atoms with Crippen LogP contribution in [0.1, 0.15) is 86.1 Å². The molecule has 0 fully saturated rings. The molecule has 0 saturated heterocycles. The molecule has 2 aliphatic heterocycles. The molecule has 0 spiro atoms. The lowest BCUT2D eigenvalue weighted by Gasteiger charge is -2.38. The standard InChI is InChI=1S/C35H40F3N5O/c1-6-8-14-27-20-28(35(36,37)38)15-16-29(27)25(5)41-18-17-23(3)21-43-32-30(19-24(4)40-43)34(44)42(33(39-32)31(41)7-2)22-26-12-10-9-11-13-26/h9-13,15-16,20,31H,3,5-8,14,17-19,21-22H2,1-2,4H3. The summed E-state index contributed by atoms with van der Waals surface area (Å²) in [7, 11) is 0. The van der Waals surface area contributed by atoms with Crippen LogP contribution in [0.3, 0.4) is 0 Å². The molecule has 2 aliphatic rings. The second-order valence-corrected chi connectivity index (χ2v) is 11.8. The zero-order chi connectivity index (χ0) is 31.6. The highest BCUT2D eigenvalue weighted by molar-refractivity contribution is 5.88. The van der Waals surface area contributed by atoms with Crippen LogP contribution < -0.4 is 10.6 Å². The molecule has 0 aliphatic carbocycles. The van der Waals surface area contributed by atoms with E-state index in [2.05, 4.69) is 18.1 Å². The predicted molar refractivity (Wildman–Crippen MR) is 171 cm³/mol. The summed E-state index contributed by atoms with van der Waals surface area (Å²) in [5.41, 5.74) is 4.48. The summed E-state index contributed by atoms with van der Waals surface area (Å²) < 4.78 is 42.9. The molecule has 3 aromatic rings. The quantitative estimate of drug-likeness (QED) is 0.247. The van der Waals surface area contributed by atoms with Gasteiger partial charge in [0.2, 0.25) is 0 Å². The Bertz CT molecular complexity index is 1640. The van der Waals surface area contributed by atoms with Crippen molar-refractivity contribution in [2.24, 2.45) is 5.10 Å². The van der Waals surface area contributed by atoms with E-state index in [4.69, 9.17) is 10.1 Å². The van der Waals surface area contributed by atoms with E-state index in [1.165, 1.54) is 6.07 Å². The fourth-order valence-electron chi connectivity index (χ4n) is 6.17. The normalized spacial score (nSPS) is 17.0. The van der Waals surface area contributed by atoms with Gasteiger partial charge in [-0.2, -0.15) is 18.3 Å². The van der Waals surface area contributed by atoms with E-state index in [0.717, 1.165) is 35.8 Å². The Morgan fingerprint density at radius 3 is 2.55 bits per heavy atom. The molecule has 1 aromatic heterocycles. The van der Waals surface area contributed by atoms with Crippen LogP contribution in [-0.2, 0) is 25.6 Å². The van der Waals surface area contributed by atoms with Gasteiger partial charge in [0.1, 0.15) is 5.82 Å². The second-order valence-electron chi connectivity index (χ2n) is 11.8. The van der Waals surface area contributed by atoms with Gasteiger partial charge in [0.05, 0.1) is 30.3 Å². The number of unbranched alkanes of at least 4 members (excludes halogenated alkanes) is 1. The minimum atomic E-state index is -4.44. The van der Waals surface area contributed by atoms with Gasteiger partial charge in [0.25, 0.3) is 5.56 Å². The molecule has 0 radical (unpaired) electrons. The average molecular weight is 604 g/mol. The van der Waals surface area contributed by atoms with Gasteiger partial charge >= 0.3 is 6.18 Å². The number of rotatable bonds is 8. The Balaban J connectivity index is 1.68. The zero-order valence-electron chi connectivity index (χ0n) is 25.8. The Kier molecular flexibility index (Phi) is 9.13. The van der Waals surface area contributed by atoms with Crippen LogP contribution >= 0.6 is 0 Å². The van der Waals surface area contributed by atoms with E-state index in [-0.39, 0.29) is 11.6 Å². The lowest BCUT2D eigenvalue weighted by Crippen LogP contribution is -2.41. The van der Waals surface area contributed by atoms with Crippen LogP contribution in [0.15, 0.2) is 77.2 Å². The first-order chi connectivity index (χ1) is 21.0. The molecule has 0 saturated carbocycles. The zero-order valence-corrected chi connectivity index (χ0v) is 25.8. The van der Waals surface area contributed by atoms with E-state index in [0.29, 0.717) is 79.3 Å². The van der Waals surface area contributed by atoms with Crippen molar-refractivity contribution in [3.63, 3.8) is 0 Å². The van der Waals surface area contributed by atoms with E-state index >= 15 is 0 Å². The van der Waals surface area contributed by atoms with Crippen LogP contribution in [0.25, 0.3) is 5.70 Å². The number of nitrogens with zero attached hydrogens (tertiary/aromatic N) is 5. The molecular formula is C35H40F3N5O. The third kappa shape index (κ3) is 6.37. The first kappa shape index (κ1) is 31.3. The van der Waals surface area contributed by atoms with E-state index in [9.17, 15) is 18.0 Å². The maximum atomic E-state index is 14.3. The topological polar surface area (TPSA) is 53.7 Å². The number of hydrogen-bond donors (Lipinski definition) is 0. The molecule has 1 unspecified atom stereocenters.